The maximum atomic E-state index is 12.4. The number of amides is 1. The molecule has 0 unspecified atom stereocenters. The first kappa shape index (κ1) is 21.4. The van der Waals surface area contributed by atoms with Gasteiger partial charge in [-0.05, 0) is 39.3 Å². The third-order valence-corrected chi connectivity index (χ3v) is 4.48. The van der Waals surface area contributed by atoms with Gasteiger partial charge >= 0.3 is 0 Å². The average Bonchev–Trinajstić information content (AvgIpc) is 3.12. The Morgan fingerprint density at radius 3 is 2.50 bits per heavy atom. The van der Waals surface area contributed by atoms with Crippen LogP contribution in [-0.2, 0) is 11.3 Å². The van der Waals surface area contributed by atoms with E-state index in [4.69, 9.17) is 0 Å². The van der Waals surface area contributed by atoms with Crippen molar-refractivity contribution >= 4 is 11.9 Å². The molecule has 1 amide bonds. The van der Waals surface area contributed by atoms with Gasteiger partial charge in [0.1, 0.15) is 11.6 Å². The summed E-state index contributed by atoms with van der Waals surface area (Å²) in [5.41, 5.74) is 1.00. The molecule has 0 atom stereocenters. The first-order valence-electron chi connectivity index (χ1n) is 9.72. The van der Waals surface area contributed by atoms with Gasteiger partial charge in [0.15, 0.2) is 5.96 Å². The second-order valence-electron chi connectivity index (χ2n) is 6.46. The van der Waals surface area contributed by atoms with E-state index in [9.17, 15) is 4.79 Å². The van der Waals surface area contributed by atoms with Gasteiger partial charge in [0.25, 0.3) is 0 Å². The van der Waals surface area contributed by atoms with Crippen LogP contribution in [0.3, 0.4) is 0 Å². The summed E-state index contributed by atoms with van der Waals surface area (Å²) in [4.78, 5) is 29.4. The van der Waals surface area contributed by atoms with Gasteiger partial charge in [-0.15, -0.1) is 0 Å². The molecule has 8 nitrogen and oxygen atoms in total. The number of hydrogen-bond acceptors (Lipinski definition) is 4. The summed E-state index contributed by atoms with van der Waals surface area (Å²) in [5.74, 6) is 2.53. The highest BCUT2D eigenvalue weighted by molar-refractivity contribution is 5.86. The van der Waals surface area contributed by atoms with Crippen LogP contribution in [0.2, 0.25) is 0 Å². The van der Waals surface area contributed by atoms with Crippen LogP contribution < -0.4 is 5.32 Å². The Morgan fingerprint density at radius 1 is 1.21 bits per heavy atom. The molecular weight excluding hydrogens is 354 g/mol. The van der Waals surface area contributed by atoms with Crippen LogP contribution in [-0.4, -0.2) is 69.4 Å². The van der Waals surface area contributed by atoms with Crippen molar-refractivity contribution in [1.82, 2.24) is 29.7 Å². The molecule has 2 aromatic heterocycles. The van der Waals surface area contributed by atoms with Crippen molar-refractivity contribution in [3.05, 3.63) is 42.1 Å². The van der Waals surface area contributed by atoms with Crippen LogP contribution in [0.1, 0.15) is 32.2 Å². The molecule has 8 heteroatoms. The topological polar surface area (TPSA) is 78.6 Å². The molecular formula is C20H31N7O. The van der Waals surface area contributed by atoms with Crippen molar-refractivity contribution < 1.29 is 4.79 Å². The Balaban J connectivity index is 2.05. The quantitative estimate of drug-likeness (QED) is 0.554. The number of nitrogens with zero attached hydrogens (tertiary/aromatic N) is 6. The van der Waals surface area contributed by atoms with Crippen molar-refractivity contribution in [2.75, 3.05) is 33.2 Å². The molecule has 1 N–H and O–H groups in total. The van der Waals surface area contributed by atoms with Crippen LogP contribution >= 0.6 is 0 Å². The van der Waals surface area contributed by atoms with Gasteiger partial charge in [-0.2, -0.15) is 0 Å². The molecule has 152 valence electrons. The number of carbonyl (C=O) groups excluding carboxylic acids is 1. The van der Waals surface area contributed by atoms with Crippen molar-refractivity contribution in [1.29, 1.82) is 0 Å². The van der Waals surface area contributed by atoms with Crippen molar-refractivity contribution in [2.45, 2.75) is 34.2 Å². The molecule has 0 bridgehead atoms. The molecule has 2 heterocycles. The monoisotopic (exact) mass is 385 g/mol. The number of aromatic nitrogens is 3. The Labute approximate surface area is 167 Å². The lowest BCUT2D eigenvalue weighted by atomic mass is 10.3. The maximum Gasteiger partial charge on any atom is 0.242 e. The first-order valence-corrected chi connectivity index (χ1v) is 9.72. The van der Waals surface area contributed by atoms with Crippen molar-refractivity contribution in [3.63, 3.8) is 0 Å². The highest BCUT2D eigenvalue weighted by Gasteiger charge is 2.15. The number of guanidine groups is 1. The van der Waals surface area contributed by atoms with E-state index in [1.54, 1.807) is 6.20 Å². The molecule has 0 aromatic carbocycles. The van der Waals surface area contributed by atoms with Crippen LogP contribution in [0.5, 0.6) is 0 Å². The number of hydrogen-bond donors (Lipinski definition) is 1. The summed E-state index contributed by atoms with van der Waals surface area (Å²) in [6.45, 7) is 10.9. The number of aryl methyl sites for hydroxylation is 1. The third-order valence-electron chi connectivity index (χ3n) is 4.48. The molecule has 2 rings (SSSR count). The van der Waals surface area contributed by atoms with Gasteiger partial charge in [0.05, 0.1) is 13.1 Å². The fourth-order valence-electron chi connectivity index (χ4n) is 2.86. The molecule has 0 aliphatic carbocycles. The summed E-state index contributed by atoms with van der Waals surface area (Å²) in [6.07, 6.45) is 5.47. The minimum absolute atomic E-state index is 0.0971. The Kier molecular flexibility index (Phi) is 7.98. The van der Waals surface area contributed by atoms with E-state index in [1.165, 1.54) is 0 Å². The van der Waals surface area contributed by atoms with Gasteiger partial charge < -0.3 is 15.1 Å². The van der Waals surface area contributed by atoms with Crippen molar-refractivity contribution in [2.24, 2.45) is 4.99 Å². The van der Waals surface area contributed by atoms with E-state index in [2.05, 4.69) is 20.3 Å². The summed E-state index contributed by atoms with van der Waals surface area (Å²) in [6, 6.07) is 3.97. The fourth-order valence-corrected chi connectivity index (χ4v) is 2.86. The first-order chi connectivity index (χ1) is 13.5. The number of rotatable bonds is 8. The molecule has 0 radical (unpaired) electrons. The maximum absolute atomic E-state index is 12.4. The molecule has 2 aromatic rings. The SMILES string of the molecule is CCNC(=NCc1ccc(-n2ccnc2C)nc1)N(C)CC(=O)N(CC)CC. The molecule has 28 heavy (non-hydrogen) atoms. The minimum Gasteiger partial charge on any atom is -0.357 e. The highest BCUT2D eigenvalue weighted by atomic mass is 16.2. The smallest absolute Gasteiger partial charge is 0.242 e. The summed E-state index contributed by atoms with van der Waals surface area (Å²) < 4.78 is 1.93. The van der Waals surface area contributed by atoms with Crippen LogP contribution in [0.15, 0.2) is 35.7 Å². The minimum atomic E-state index is 0.0971. The second-order valence-corrected chi connectivity index (χ2v) is 6.46. The number of imidazole rings is 1. The normalized spacial score (nSPS) is 11.4. The predicted molar refractivity (Wildman–Crippen MR) is 111 cm³/mol. The van der Waals surface area contributed by atoms with E-state index in [0.29, 0.717) is 32.1 Å². The zero-order valence-electron chi connectivity index (χ0n) is 17.5. The summed E-state index contributed by atoms with van der Waals surface area (Å²) >= 11 is 0. The number of aliphatic imine (C=N–C) groups is 1. The predicted octanol–water partition coefficient (Wildman–Crippen LogP) is 1.84. The Morgan fingerprint density at radius 2 is 1.96 bits per heavy atom. The molecule has 0 saturated heterocycles. The number of pyridine rings is 1. The van der Waals surface area contributed by atoms with Gasteiger partial charge in [-0.3, -0.25) is 9.36 Å². The van der Waals surface area contributed by atoms with E-state index in [1.807, 2.05) is 73.6 Å². The van der Waals surface area contributed by atoms with E-state index in [-0.39, 0.29) is 5.91 Å². The van der Waals surface area contributed by atoms with Crippen LogP contribution in [0.4, 0.5) is 0 Å². The summed E-state index contributed by atoms with van der Waals surface area (Å²) in [5, 5.41) is 3.25. The number of carbonyl (C=O) groups is 1. The highest BCUT2D eigenvalue weighted by Crippen LogP contribution is 2.09. The molecule has 0 aliphatic rings. The molecule has 0 aliphatic heterocycles. The fraction of sp³-hybridized carbons (Fsp3) is 0.500. The van der Waals surface area contributed by atoms with Crippen molar-refractivity contribution in [3.8, 4) is 5.82 Å². The third kappa shape index (κ3) is 5.55. The Hall–Kier alpha value is -2.90. The molecule has 0 saturated carbocycles. The zero-order valence-corrected chi connectivity index (χ0v) is 17.5. The molecule has 0 spiro atoms. The lowest BCUT2D eigenvalue weighted by Crippen LogP contribution is -2.45. The van der Waals surface area contributed by atoms with Gasteiger partial charge in [0.2, 0.25) is 5.91 Å². The second kappa shape index (κ2) is 10.4. The standard InChI is InChI=1S/C20H31N7O/c1-6-21-20(25(5)15-19(28)26(7-2)8-3)24-14-17-9-10-18(23-13-17)27-12-11-22-16(27)4/h9-13H,6-8,14-15H2,1-5H3,(H,21,24). The van der Waals surface area contributed by atoms with Gasteiger partial charge in [0, 0.05) is 45.3 Å². The van der Waals surface area contributed by atoms with E-state index < -0.39 is 0 Å². The number of nitrogens with one attached hydrogen (secondary N) is 1. The molecule has 0 fully saturated rings. The van der Waals surface area contributed by atoms with E-state index >= 15 is 0 Å². The van der Waals surface area contributed by atoms with Gasteiger partial charge in [-0.25, -0.2) is 15.0 Å². The van der Waals surface area contributed by atoms with Crippen LogP contribution in [0, 0.1) is 6.92 Å². The average molecular weight is 386 g/mol. The number of likely N-dealkylation sites (N-methyl/N-ethyl adjacent to an activating group) is 2. The summed E-state index contributed by atoms with van der Waals surface area (Å²) in [7, 11) is 1.88. The zero-order chi connectivity index (χ0) is 20.5. The van der Waals surface area contributed by atoms with Crippen LogP contribution in [0.25, 0.3) is 5.82 Å². The van der Waals surface area contributed by atoms with Gasteiger partial charge in [-0.1, -0.05) is 6.07 Å². The lowest BCUT2D eigenvalue weighted by molar-refractivity contribution is -0.131. The lowest BCUT2D eigenvalue weighted by Gasteiger charge is -2.25. The van der Waals surface area contributed by atoms with E-state index in [0.717, 1.165) is 23.8 Å². The largest absolute Gasteiger partial charge is 0.357 e. The Bertz CT molecular complexity index is 778.